The highest BCUT2D eigenvalue weighted by atomic mass is 35.5. The fourth-order valence-corrected chi connectivity index (χ4v) is 4.51. The molecule has 3 rings (SSSR count). The number of imidazole rings is 1. The monoisotopic (exact) mass is 390 g/mol. The minimum atomic E-state index is 0.300. The summed E-state index contributed by atoms with van der Waals surface area (Å²) in [5.41, 5.74) is 3.75. The maximum atomic E-state index is 6.47. The molecule has 0 bridgehead atoms. The predicted octanol–water partition coefficient (Wildman–Crippen LogP) is 6.56. The summed E-state index contributed by atoms with van der Waals surface area (Å²) in [6.07, 6.45) is 6.63. The molecule has 5 heteroatoms. The van der Waals surface area contributed by atoms with Gasteiger partial charge in [-0.05, 0) is 36.6 Å². The van der Waals surface area contributed by atoms with Crippen molar-refractivity contribution in [2.45, 2.75) is 30.9 Å². The van der Waals surface area contributed by atoms with E-state index in [0.29, 0.717) is 10.3 Å². The highest BCUT2D eigenvalue weighted by Gasteiger charge is 2.16. The minimum absolute atomic E-state index is 0.300. The Morgan fingerprint density at radius 3 is 2.60 bits per heavy atom. The molecule has 1 heterocycles. The van der Waals surface area contributed by atoms with E-state index >= 15 is 0 Å². The summed E-state index contributed by atoms with van der Waals surface area (Å²) in [6.45, 7) is 3.02. The van der Waals surface area contributed by atoms with Crippen LogP contribution >= 0.6 is 35.0 Å². The average molecular weight is 391 g/mol. The van der Waals surface area contributed by atoms with Crippen molar-refractivity contribution < 1.29 is 0 Å². The van der Waals surface area contributed by atoms with Crippen LogP contribution in [0.2, 0.25) is 10.0 Å². The van der Waals surface area contributed by atoms with Gasteiger partial charge in [0.2, 0.25) is 0 Å². The summed E-state index contributed by atoms with van der Waals surface area (Å²) >= 11 is 14.4. The van der Waals surface area contributed by atoms with Crippen LogP contribution in [0.5, 0.6) is 0 Å². The Morgan fingerprint density at radius 1 is 1.12 bits per heavy atom. The van der Waals surface area contributed by atoms with Gasteiger partial charge in [0, 0.05) is 40.0 Å². The normalized spacial score (nSPS) is 12.3. The molecule has 0 aliphatic carbocycles. The van der Waals surface area contributed by atoms with Crippen LogP contribution in [0, 0.1) is 6.92 Å². The molecule has 0 N–H and O–H groups in total. The molecule has 1 unspecified atom stereocenters. The summed E-state index contributed by atoms with van der Waals surface area (Å²) < 4.78 is 2.10. The average Bonchev–Trinajstić information content (AvgIpc) is 3.11. The lowest BCUT2D eigenvalue weighted by Gasteiger charge is -2.19. The first-order chi connectivity index (χ1) is 12.1. The van der Waals surface area contributed by atoms with E-state index in [9.17, 15) is 0 Å². The third-order valence-corrected chi connectivity index (χ3v) is 6.04. The van der Waals surface area contributed by atoms with E-state index in [1.54, 1.807) is 0 Å². The Morgan fingerprint density at radius 2 is 1.92 bits per heavy atom. The van der Waals surface area contributed by atoms with Crippen LogP contribution in [0.1, 0.15) is 28.4 Å². The van der Waals surface area contributed by atoms with Crippen molar-refractivity contribution in [2.24, 2.45) is 0 Å². The molecule has 0 fully saturated rings. The van der Waals surface area contributed by atoms with Crippen molar-refractivity contribution in [3.8, 4) is 0 Å². The van der Waals surface area contributed by atoms with Gasteiger partial charge < -0.3 is 4.57 Å². The van der Waals surface area contributed by atoms with E-state index in [4.69, 9.17) is 23.2 Å². The van der Waals surface area contributed by atoms with Crippen LogP contribution in [0.25, 0.3) is 0 Å². The predicted molar refractivity (Wildman–Crippen MR) is 109 cm³/mol. The summed E-state index contributed by atoms with van der Waals surface area (Å²) in [6, 6.07) is 14.5. The summed E-state index contributed by atoms with van der Waals surface area (Å²) in [4.78, 5) is 4.12. The Labute approximate surface area is 163 Å². The zero-order valence-corrected chi connectivity index (χ0v) is 16.4. The second-order valence-electron chi connectivity index (χ2n) is 6.04. The second-order valence-corrected chi connectivity index (χ2v) is 8.07. The van der Waals surface area contributed by atoms with Crippen molar-refractivity contribution in [3.63, 3.8) is 0 Å². The quantitative estimate of drug-likeness (QED) is 0.454. The molecule has 130 valence electrons. The zero-order valence-electron chi connectivity index (χ0n) is 14.0. The third-order valence-electron chi connectivity index (χ3n) is 4.09. The maximum Gasteiger partial charge on any atom is 0.0945 e. The second kappa shape index (κ2) is 8.79. The van der Waals surface area contributed by atoms with Gasteiger partial charge in [0.25, 0.3) is 0 Å². The number of halogens is 2. The molecule has 2 aromatic carbocycles. The molecule has 0 saturated carbocycles. The molecular formula is C20H20Cl2N2S. The Kier molecular flexibility index (Phi) is 6.46. The van der Waals surface area contributed by atoms with Crippen LogP contribution in [-0.4, -0.2) is 9.55 Å². The lowest BCUT2D eigenvalue weighted by molar-refractivity contribution is 0.634. The number of aromatic nitrogens is 2. The molecule has 0 amide bonds. The van der Waals surface area contributed by atoms with Crippen LogP contribution in [0.4, 0.5) is 0 Å². The highest BCUT2D eigenvalue weighted by molar-refractivity contribution is 7.98. The minimum Gasteiger partial charge on any atom is -0.337 e. The smallest absolute Gasteiger partial charge is 0.0945 e. The zero-order chi connectivity index (χ0) is 17.6. The first-order valence-electron chi connectivity index (χ1n) is 8.19. The standard InChI is InChI=1S/C20H20Cl2N2S/c1-15-2-4-16(5-3-15)13-25-20(8-10-24-11-9-23-14-24)18-7-6-17(21)12-19(18)22/h2-7,9,11-12,14,20H,8,10,13H2,1H3. The largest absolute Gasteiger partial charge is 0.337 e. The molecule has 1 atom stereocenters. The summed E-state index contributed by atoms with van der Waals surface area (Å²) in [7, 11) is 0. The third kappa shape index (κ3) is 5.27. The van der Waals surface area contributed by atoms with Gasteiger partial charge in [-0.15, -0.1) is 11.8 Å². The van der Waals surface area contributed by atoms with Crippen molar-refractivity contribution in [2.75, 3.05) is 0 Å². The Hall–Kier alpha value is -1.42. The highest BCUT2D eigenvalue weighted by Crippen LogP contribution is 2.39. The van der Waals surface area contributed by atoms with Crippen LogP contribution in [0.3, 0.4) is 0 Å². The van der Waals surface area contributed by atoms with Crippen molar-refractivity contribution in [1.82, 2.24) is 9.55 Å². The number of hydrogen-bond donors (Lipinski definition) is 0. The maximum absolute atomic E-state index is 6.47. The first-order valence-corrected chi connectivity index (χ1v) is 10.00. The molecule has 0 radical (unpaired) electrons. The topological polar surface area (TPSA) is 17.8 Å². The van der Waals surface area contributed by atoms with Gasteiger partial charge in [-0.2, -0.15) is 0 Å². The van der Waals surface area contributed by atoms with Crippen molar-refractivity contribution in [1.29, 1.82) is 0 Å². The molecule has 0 aliphatic rings. The van der Waals surface area contributed by atoms with E-state index in [-0.39, 0.29) is 0 Å². The Bertz CT molecular complexity index is 801. The molecule has 1 aromatic heterocycles. The Balaban J connectivity index is 1.74. The molecule has 0 saturated heterocycles. The van der Waals surface area contributed by atoms with Gasteiger partial charge in [-0.1, -0.05) is 59.1 Å². The fourth-order valence-electron chi connectivity index (χ4n) is 2.66. The van der Waals surface area contributed by atoms with E-state index in [2.05, 4.69) is 40.7 Å². The van der Waals surface area contributed by atoms with Crippen LogP contribution in [0.15, 0.2) is 61.2 Å². The number of aryl methyl sites for hydroxylation is 2. The lowest BCUT2D eigenvalue weighted by atomic mass is 10.1. The molecular weight excluding hydrogens is 371 g/mol. The van der Waals surface area contributed by atoms with Gasteiger partial charge in [0.1, 0.15) is 0 Å². The van der Waals surface area contributed by atoms with Gasteiger partial charge in [0.15, 0.2) is 0 Å². The van der Waals surface area contributed by atoms with E-state index in [0.717, 1.165) is 29.3 Å². The number of benzene rings is 2. The van der Waals surface area contributed by atoms with Crippen LogP contribution in [-0.2, 0) is 12.3 Å². The molecule has 2 nitrogen and oxygen atoms in total. The molecule has 3 aromatic rings. The van der Waals surface area contributed by atoms with E-state index in [1.165, 1.54) is 11.1 Å². The molecule has 0 spiro atoms. The van der Waals surface area contributed by atoms with Crippen LogP contribution < -0.4 is 0 Å². The summed E-state index contributed by atoms with van der Waals surface area (Å²) in [5, 5.41) is 1.71. The number of hydrogen-bond acceptors (Lipinski definition) is 2. The molecule has 25 heavy (non-hydrogen) atoms. The van der Waals surface area contributed by atoms with Gasteiger partial charge in [-0.25, -0.2) is 4.98 Å². The SMILES string of the molecule is Cc1ccc(CSC(CCn2ccnc2)c2ccc(Cl)cc2Cl)cc1. The van der Waals surface area contributed by atoms with Gasteiger partial charge >= 0.3 is 0 Å². The fraction of sp³-hybridized carbons (Fsp3) is 0.250. The van der Waals surface area contributed by atoms with E-state index in [1.807, 2.05) is 48.7 Å². The van der Waals surface area contributed by atoms with Crippen molar-refractivity contribution >= 4 is 35.0 Å². The van der Waals surface area contributed by atoms with E-state index < -0.39 is 0 Å². The molecule has 0 aliphatic heterocycles. The first kappa shape index (κ1) is 18.4. The van der Waals surface area contributed by atoms with Gasteiger partial charge in [0.05, 0.1) is 6.33 Å². The number of rotatable bonds is 7. The number of thioether (sulfide) groups is 1. The van der Waals surface area contributed by atoms with Crippen molar-refractivity contribution in [3.05, 3.63) is 87.9 Å². The summed E-state index contributed by atoms with van der Waals surface area (Å²) in [5.74, 6) is 0.952. The number of nitrogens with zero attached hydrogens (tertiary/aromatic N) is 2. The van der Waals surface area contributed by atoms with Gasteiger partial charge in [-0.3, -0.25) is 0 Å². The lowest BCUT2D eigenvalue weighted by Crippen LogP contribution is -2.03.